The van der Waals surface area contributed by atoms with Gasteiger partial charge >= 0.3 is 0 Å². The topological polar surface area (TPSA) is 19.4 Å². The average Bonchev–Trinajstić information content (AvgIpc) is 2.65. The Morgan fingerprint density at radius 1 is 1.60 bits per heavy atom. The number of thiazole rings is 1. The van der Waals surface area contributed by atoms with Gasteiger partial charge in [-0.2, -0.15) is 0 Å². The summed E-state index contributed by atoms with van der Waals surface area (Å²) < 4.78 is 0. The van der Waals surface area contributed by atoms with Crippen LogP contribution in [0.5, 0.6) is 0 Å². The maximum atomic E-state index is 5.83. The Balaban J connectivity index is 2.02. The molecule has 1 atom stereocenters. The fraction of sp³-hybridized carbons (Fsp3) is 0.700. The van der Waals surface area contributed by atoms with Gasteiger partial charge < -0.3 is 4.90 Å². The number of halogens is 1. The van der Waals surface area contributed by atoms with Crippen LogP contribution in [0.1, 0.15) is 13.8 Å². The molecule has 0 saturated carbocycles. The normalized spacial score (nSPS) is 23.4. The van der Waals surface area contributed by atoms with Crippen LogP contribution in [0.4, 0.5) is 5.13 Å². The number of piperazine rings is 1. The van der Waals surface area contributed by atoms with Gasteiger partial charge in [0.15, 0.2) is 5.13 Å². The van der Waals surface area contributed by atoms with Gasteiger partial charge in [-0.25, -0.2) is 4.98 Å². The van der Waals surface area contributed by atoms with E-state index in [9.17, 15) is 0 Å². The molecule has 1 aliphatic rings. The van der Waals surface area contributed by atoms with E-state index in [2.05, 4.69) is 28.6 Å². The highest BCUT2D eigenvalue weighted by Gasteiger charge is 2.23. The molecule has 0 spiro atoms. The fourth-order valence-electron chi connectivity index (χ4n) is 2.03. The van der Waals surface area contributed by atoms with E-state index in [0.717, 1.165) is 31.3 Å². The van der Waals surface area contributed by atoms with Crippen LogP contribution in [0, 0.1) is 0 Å². The van der Waals surface area contributed by atoms with Crippen LogP contribution >= 0.6 is 22.9 Å². The molecule has 84 valence electrons. The first-order chi connectivity index (χ1) is 7.20. The van der Waals surface area contributed by atoms with Gasteiger partial charge in [0.25, 0.3) is 0 Å². The molecule has 0 N–H and O–H groups in total. The van der Waals surface area contributed by atoms with Crippen LogP contribution in [0.25, 0.3) is 0 Å². The van der Waals surface area contributed by atoms with Gasteiger partial charge in [0.1, 0.15) is 5.15 Å². The monoisotopic (exact) mass is 245 g/mol. The number of aromatic nitrogens is 1. The van der Waals surface area contributed by atoms with E-state index in [0.29, 0.717) is 11.2 Å². The van der Waals surface area contributed by atoms with Crippen molar-refractivity contribution in [2.45, 2.75) is 19.9 Å². The molecule has 15 heavy (non-hydrogen) atoms. The van der Waals surface area contributed by atoms with Crippen LogP contribution in [-0.2, 0) is 0 Å². The van der Waals surface area contributed by atoms with Crippen molar-refractivity contribution in [3.8, 4) is 0 Å². The Morgan fingerprint density at radius 2 is 2.40 bits per heavy atom. The first-order valence-electron chi connectivity index (χ1n) is 5.30. The molecule has 2 rings (SSSR count). The second kappa shape index (κ2) is 4.68. The number of anilines is 1. The highest BCUT2D eigenvalue weighted by molar-refractivity contribution is 7.14. The second-order valence-electron chi connectivity index (χ2n) is 3.88. The summed E-state index contributed by atoms with van der Waals surface area (Å²) in [6.45, 7) is 8.85. The molecular formula is C10H16ClN3S. The largest absolute Gasteiger partial charge is 0.345 e. The lowest BCUT2D eigenvalue weighted by Crippen LogP contribution is -2.51. The Labute approximate surface area is 99.7 Å². The van der Waals surface area contributed by atoms with Crippen molar-refractivity contribution in [3.05, 3.63) is 10.5 Å². The summed E-state index contributed by atoms with van der Waals surface area (Å²) >= 11 is 7.47. The molecule has 0 radical (unpaired) electrons. The van der Waals surface area contributed by atoms with Crippen molar-refractivity contribution in [1.29, 1.82) is 0 Å². The Hall–Kier alpha value is -0.320. The molecule has 5 heteroatoms. The Bertz CT molecular complexity index is 328. The van der Waals surface area contributed by atoms with E-state index in [-0.39, 0.29) is 0 Å². The molecular weight excluding hydrogens is 230 g/mol. The van der Waals surface area contributed by atoms with Crippen LogP contribution in [0.3, 0.4) is 0 Å². The minimum atomic E-state index is 0.603. The highest BCUT2D eigenvalue weighted by Crippen LogP contribution is 2.25. The van der Waals surface area contributed by atoms with Gasteiger partial charge in [-0.1, -0.05) is 18.5 Å². The van der Waals surface area contributed by atoms with Crippen molar-refractivity contribution >= 4 is 28.1 Å². The SMILES string of the molecule is CCN1CCN(c2nc(Cl)cs2)CC1C. The third kappa shape index (κ3) is 2.44. The Kier molecular flexibility index (Phi) is 3.49. The maximum Gasteiger partial charge on any atom is 0.186 e. The zero-order valence-corrected chi connectivity index (χ0v) is 10.7. The minimum absolute atomic E-state index is 0.603. The molecule has 0 aliphatic carbocycles. The van der Waals surface area contributed by atoms with Gasteiger partial charge in [0.2, 0.25) is 0 Å². The number of nitrogens with zero attached hydrogens (tertiary/aromatic N) is 3. The van der Waals surface area contributed by atoms with Gasteiger partial charge in [0, 0.05) is 31.1 Å². The third-order valence-electron chi connectivity index (χ3n) is 2.91. The molecule has 1 saturated heterocycles. The second-order valence-corrected chi connectivity index (χ2v) is 5.10. The molecule has 0 aromatic carbocycles. The minimum Gasteiger partial charge on any atom is -0.345 e. The molecule has 0 bridgehead atoms. The number of hydrogen-bond donors (Lipinski definition) is 0. The zero-order valence-electron chi connectivity index (χ0n) is 9.11. The van der Waals surface area contributed by atoms with Crippen molar-refractivity contribution in [2.24, 2.45) is 0 Å². The lowest BCUT2D eigenvalue weighted by Gasteiger charge is -2.39. The smallest absolute Gasteiger partial charge is 0.186 e. The first kappa shape index (κ1) is 11.2. The van der Waals surface area contributed by atoms with Gasteiger partial charge in [0.05, 0.1) is 0 Å². The summed E-state index contributed by atoms with van der Waals surface area (Å²) in [4.78, 5) is 9.13. The summed E-state index contributed by atoms with van der Waals surface area (Å²) in [5.41, 5.74) is 0. The van der Waals surface area contributed by atoms with Crippen molar-refractivity contribution < 1.29 is 0 Å². The number of rotatable bonds is 2. The zero-order chi connectivity index (χ0) is 10.8. The lowest BCUT2D eigenvalue weighted by atomic mass is 10.2. The van der Waals surface area contributed by atoms with E-state index < -0.39 is 0 Å². The standard InChI is InChI=1S/C10H16ClN3S/c1-3-13-4-5-14(6-8(13)2)10-12-9(11)7-15-10/h7-8H,3-6H2,1-2H3. The molecule has 1 unspecified atom stereocenters. The highest BCUT2D eigenvalue weighted by atomic mass is 35.5. The molecule has 3 nitrogen and oxygen atoms in total. The summed E-state index contributed by atoms with van der Waals surface area (Å²) in [6.07, 6.45) is 0. The van der Waals surface area contributed by atoms with Crippen molar-refractivity contribution in [1.82, 2.24) is 9.88 Å². The molecule has 0 amide bonds. The molecule has 1 aromatic rings. The predicted octanol–water partition coefficient (Wildman–Crippen LogP) is 2.33. The van der Waals surface area contributed by atoms with E-state index in [1.807, 2.05) is 5.38 Å². The molecule has 1 fully saturated rings. The average molecular weight is 246 g/mol. The quantitative estimate of drug-likeness (QED) is 0.797. The summed E-state index contributed by atoms with van der Waals surface area (Å²) in [6, 6.07) is 0.603. The molecule has 1 aliphatic heterocycles. The summed E-state index contributed by atoms with van der Waals surface area (Å²) in [5, 5.41) is 3.57. The van der Waals surface area contributed by atoms with Crippen LogP contribution in [0.2, 0.25) is 5.15 Å². The van der Waals surface area contributed by atoms with E-state index in [1.54, 1.807) is 11.3 Å². The van der Waals surface area contributed by atoms with Gasteiger partial charge in [-0.05, 0) is 13.5 Å². The first-order valence-corrected chi connectivity index (χ1v) is 6.56. The number of hydrogen-bond acceptors (Lipinski definition) is 4. The third-order valence-corrected chi connectivity index (χ3v) is 4.13. The van der Waals surface area contributed by atoms with Crippen molar-refractivity contribution in [2.75, 3.05) is 31.1 Å². The molecule has 1 aromatic heterocycles. The van der Waals surface area contributed by atoms with E-state index in [4.69, 9.17) is 11.6 Å². The fourth-order valence-corrected chi connectivity index (χ4v) is 3.01. The van der Waals surface area contributed by atoms with Crippen molar-refractivity contribution in [3.63, 3.8) is 0 Å². The predicted molar refractivity (Wildman–Crippen MR) is 66.0 cm³/mol. The van der Waals surface area contributed by atoms with Crippen LogP contribution in [0.15, 0.2) is 5.38 Å². The maximum absolute atomic E-state index is 5.83. The number of likely N-dealkylation sites (N-methyl/N-ethyl adjacent to an activating group) is 1. The lowest BCUT2D eigenvalue weighted by molar-refractivity contribution is 0.199. The summed E-state index contributed by atoms with van der Waals surface area (Å²) in [5.74, 6) is 0. The molecule has 2 heterocycles. The summed E-state index contributed by atoms with van der Waals surface area (Å²) in [7, 11) is 0. The van der Waals surface area contributed by atoms with Gasteiger partial charge in [-0.15, -0.1) is 11.3 Å². The van der Waals surface area contributed by atoms with Crippen LogP contribution < -0.4 is 4.90 Å². The van der Waals surface area contributed by atoms with E-state index >= 15 is 0 Å². The van der Waals surface area contributed by atoms with E-state index in [1.165, 1.54) is 0 Å². The van der Waals surface area contributed by atoms with Gasteiger partial charge in [-0.3, -0.25) is 4.90 Å². The van der Waals surface area contributed by atoms with Crippen LogP contribution in [-0.4, -0.2) is 42.1 Å². The Morgan fingerprint density at radius 3 is 2.93 bits per heavy atom.